The van der Waals surface area contributed by atoms with Crippen LogP contribution >= 0.6 is 0 Å². The van der Waals surface area contributed by atoms with Gasteiger partial charge in [0.1, 0.15) is 0 Å². The third-order valence-electron chi connectivity index (χ3n) is 2.52. The molecule has 1 atom stereocenters. The Labute approximate surface area is 78.1 Å². The van der Waals surface area contributed by atoms with E-state index < -0.39 is 0 Å². The second kappa shape index (κ2) is 7.39. The Morgan fingerprint density at radius 1 is 1.25 bits per heavy atom. The summed E-state index contributed by atoms with van der Waals surface area (Å²) in [5.74, 6) is 0.798. The molecule has 1 unspecified atom stereocenters. The predicted octanol–water partition coefficient (Wildman–Crippen LogP) is 4.56. The van der Waals surface area contributed by atoms with Gasteiger partial charge in [-0.25, -0.2) is 0 Å². The van der Waals surface area contributed by atoms with E-state index in [0.29, 0.717) is 0 Å². The van der Waals surface area contributed by atoms with Gasteiger partial charge in [-0.2, -0.15) is 0 Å². The zero-order chi connectivity index (χ0) is 9.40. The SMILES string of the molecule is CCCC/C=C(\C)C(C)CCC. The maximum Gasteiger partial charge on any atom is -0.0235 e. The fourth-order valence-electron chi connectivity index (χ4n) is 1.40. The maximum atomic E-state index is 2.42. The van der Waals surface area contributed by atoms with Gasteiger partial charge in [-0.05, 0) is 25.7 Å². The first-order chi connectivity index (χ1) is 5.72. The summed E-state index contributed by atoms with van der Waals surface area (Å²) >= 11 is 0. The van der Waals surface area contributed by atoms with Crippen LogP contribution in [-0.4, -0.2) is 0 Å². The Morgan fingerprint density at radius 3 is 2.42 bits per heavy atom. The molecule has 0 aliphatic rings. The summed E-state index contributed by atoms with van der Waals surface area (Å²) in [5, 5.41) is 0. The molecule has 0 heterocycles. The van der Waals surface area contributed by atoms with E-state index in [1.165, 1.54) is 32.1 Å². The average molecular weight is 168 g/mol. The molecule has 0 amide bonds. The van der Waals surface area contributed by atoms with Crippen molar-refractivity contribution in [2.24, 2.45) is 5.92 Å². The lowest BCUT2D eigenvalue weighted by molar-refractivity contribution is 0.597. The first-order valence-electron chi connectivity index (χ1n) is 5.39. The lowest BCUT2D eigenvalue weighted by atomic mass is 9.96. The molecule has 0 saturated heterocycles. The van der Waals surface area contributed by atoms with Crippen molar-refractivity contribution < 1.29 is 0 Å². The lowest BCUT2D eigenvalue weighted by Gasteiger charge is -2.10. The highest BCUT2D eigenvalue weighted by Gasteiger charge is 2.00. The highest BCUT2D eigenvalue weighted by molar-refractivity contribution is 5.01. The van der Waals surface area contributed by atoms with Crippen LogP contribution in [0.3, 0.4) is 0 Å². The molecule has 0 fully saturated rings. The molecule has 0 aliphatic heterocycles. The molecule has 72 valence electrons. The minimum absolute atomic E-state index is 0.798. The van der Waals surface area contributed by atoms with Crippen LogP contribution in [0.25, 0.3) is 0 Å². The van der Waals surface area contributed by atoms with E-state index in [0.717, 1.165) is 5.92 Å². The van der Waals surface area contributed by atoms with E-state index in [-0.39, 0.29) is 0 Å². The third kappa shape index (κ3) is 5.40. The molecule has 0 saturated carbocycles. The van der Waals surface area contributed by atoms with E-state index in [1.54, 1.807) is 5.57 Å². The van der Waals surface area contributed by atoms with Crippen LogP contribution in [0.5, 0.6) is 0 Å². The van der Waals surface area contributed by atoms with Gasteiger partial charge in [0.2, 0.25) is 0 Å². The lowest BCUT2D eigenvalue weighted by Crippen LogP contribution is -1.95. The van der Waals surface area contributed by atoms with E-state index in [4.69, 9.17) is 0 Å². The summed E-state index contributed by atoms with van der Waals surface area (Å²) in [6.45, 7) is 9.12. The standard InChI is InChI=1S/C12H24/c1-5-7-8-10-12(4)11(3)9-6-2/h10-11H,5-9H2,1-4H3/b12-10+. The van der Waals surface area contributed by atoms with Gasteiger partial charge in [0.05, 0.1) is 0 Å². The average Bonchev–Trinajstić information content (AvgIpc) is 2.05. The van der Waals surface area contributed by atoms with E-state index in [1.807, 2.05) is 0 Å². The summed E-state index contributed by atoms with van der Waals surface area (Å²) in [7, 11) is 0. The van der Waals surface area contributed by atoms with Crippen molar-refractivity contribution in [3.05, 3.63) is 11.6 Å². The van der Waals surface area contributed by atoms with Gasteiger partial charge in [0, 0.05) is 0 Å². The quantitative estimate of drug-likeness (QED) is 0.403. The van der Waals surface area contributed by atoms with Crippen LogP contribution < -0.4 is 0 Å². The molecule has 12 heavy (non-hydrogen) atoms. The smallest absolute Gasteiger partial charge is 0.0235 e. The second-order valence-electron chi connectivity index (χ2n) is 3.78. The van der Waals surface area contributed by atoms with Gasteiger partial charge >= 0.3 is 0 Å². The summed E-state index contributed by atoms with van der Waals surface area (Å²) < 4.78 is 0. The molecule has 0 aromatic heterocycles. The van der Waals surface area contributed by atoms with Crippen LogP contribution in [0.15, 0.2) is 11.6 Å². The van der Waals surface area contributed by atoms with E-state index in [2.05, 4.69) is 33.8 Å². The Kier molecular flexibility index (Phi) is 7.23. The summed E-state index contributed by atoms with van der Waals surface area (Å²) in [4.78, 5) is 0. The molecular formula is C12H24. The van der Waals surface area contributed by atoms with Crippen molar-refractivity contribution in [1.29, 1.82) is 0 Å². The molecule has 0 nitrogen and oxygen atoms in total. The minimum atomic E-state index is 0.798. The van der Waals surface area contributed by atoms with Gasteiger partial charge in [-0.1, -0.05) is 51.7 Å². The molecule has 0 bridgehead atoms. The van der Waals surface area contributed by atoms with Crippen molar-refractivity contribution in [3.63, 3.8) is 0 Å². The van der Waals surface area contributed by atoms with Crippen LogP contribution in [0.4, 0.5) is 0 Å². The Hall–Kier alpha value is -0.260. The zero-order valence-corrected chi connectivity index (χ0v) is 9.19. The van der Waals surface area contributed by atoms with E-state index >= 15 is 0 Å². The topological polar surface area (TPSA) is 0 Å². The Morgan fingerprint density at radius 2 is 1.92 bits per heavy atom. The fraction of sp³-hybridized carbons (Fsp3) is 0.833. The van der Waals surface area contributed by atoms with Crippen molar-refractivity contribution in [2.45, 2.75) is 59.8 Å². The Bertz CT molecular complexity index is 122. The van der Waals surface area contributed by atoms with Crippen LogP contribution in [0.1, 0.15) is 59.8 Å². The third-order valence-corrected chi connectivity index (χ3v) is 2.52. The molecule has 0 radical (unpaired) electrons. The van der Waals surface area contributed by atoms with Crippen molar-refractivity contribution in [2.75, 3.05) is 0 Å². The molecule has 0 N–H and O–H groups in total. The van der Waals surface area contributed by atoms with Gasteiger partial charge < -0.3 is 0 Å². The molecular weight excluding hydrogens is 144 g/mol. The molecule has 0 aliphatic carbocycles. The summed E-state index contributed by atoms with van der Waals surface area (Å²) in [6.07, 6.45) is 9.00. The molecule has 0 aromatic rings. The van der Waals surface area contributed by atoms with Crippen LogP contribution in [-0.2, 0) is 0 Å². The number of unbranched alkanes of at least 4 members (excludes halogenated alkanes) is 2. The monoisotopic (exact) mass is 168 g/mol. The largest absolute Gasteiger partial charge is 0.0853 e. The second-order valence-corrected chi connectivity index (χ2v) is 3.78. The van der Waals surface area contributed by atoms with Crippen molar-refractivity contribution >= 4 is 0 Å². The predicted molar refractivity (Wildman–Crippen MR) is 57.4 cm³/mol. The summed E-state index contributed by atoms with van der Waals surface area (Å²) in [6, 6.07) is 0. The number of hydrogen-bond donors (Lipinski definition) is 0. The zero-order valence-electron chi connectivity index (χ0n) is 9.19. The number of hydrogen-bond acceptors (Lipinski definition) is 0. The number of rotatable bonds is 6. The van der Waals surface area contributed by atoms with Crippen LogP contribution in [0, 0.1) is 5.92 Å². The van der Waals surface area contributed by atoms with Gasteiger partial charge in [-0.3, -0.25) is 0 Å². The molecule has 0 heteroatoms. The van der Waals surface area contributed by atoms with Crippen molar-refractivity contribution in [1.82, 2.24) is 0 Å². The van der Waals surface area contributed by atoms with Gasteiger partial charge in [-0.15, -0.1) is 0 Å². The minimum Gasteiger partial charge on any atom is -0.0853 e. The van der Waals surface area contributed by atoms with E-state index in [9.17, 15) is 0 Å². The summed E-state index contributed by atoms with van der Waals surface area (Å²) in [5.41, 5.74) is 1.59. The van der Waals surface area contributed by atoms with Crippen molar-refractivity contribution in [3.8, 4) is 0 Å². The molecule has 0 spiro atoms. The highest BCUT2D eigenvalue weighted by Crippen LogP contribution is 2.16. The fourth-order valence-corrected chi connectivity index (χ4v) is 1.40. The molecule has 0 aromatic carbocycles. The van der Waals surface area contributed by atoms with Gasteiger partial charge in [0.25, 0.3) is 0 Å². The van der Waals surface area contributed by atoms with Gasteiger partial charge in [0.15, 0.2) is 0 Å². The molecule has 0 rings (SSSR count). The van der Waals surface area contributed by atoms with Crippen LogP contribution in [0.2, 0.25) is 0 Å². The normalized spacial score (nSPS) is 14.8. The first kappa shape index (κ1) is 11.7. The highest BCUT2D eigenvalue weighted by atomic mass is 14.1. The Balaban J connectivity index is 3.65. The first-order valence-corrected chi connectivity index (χ1v) is 5.39. The maximum absolute atomic E-state index is 2.42. The number of allylic oxidation sites excluding steroid dienone is 2.